The molecule has 2 aliphatic rings. The molecule has 1 aromatic heterocycles. The fourth-order valence-corrected chi connectivity index (χ4v) is 5.23. The van der Waals surface area contributed by atoms with Gasteiger partial charge in [-0.1, -0.05) is 11.6 Å². The number of anilines is 1. The lowest BCUT2D eigenvalue weighted by Gasteiger charge is -2.41. The minimum atomic E-state index is -4.49. The maximum Gasteiger partial charge on any atom is 0.405 e. The van der Waals surface area contributed by atoms with Gasteiger partial charge in [0.05, 0.1) is 11.1 Å². The van der Waals surface area contributed by atoms with E-state index in [2.05, 4.69) is 15.2 Å². The van der Waals surface area contributed by atoms with Gasteiger partial charge >= 0.3 is 6.18 Å². The molecule has 39 heavy (non-hydrogen) atoms. The summed E-state index contributed by atoms with van der Waals surface area (Å²) >= 11 is 0. The molecule has 0 aliphatic carbocycles. The Morgan fingerprint density at radius 2 is 1.77 bits per heavy atom. The number of aromatic nitrogens is 1. The van der Waals surface area contributed by atoms with Crippen molar-refractivity contribution in [2.24, 2.45) is 5.73 Å². The van der Waals surface area contributed by atoms with Crippen molar-refractivity contribution in [3.05, 3.63) is 53.2 Å². The van der Waals surface area contributed by atoms with Gasteiger partial charge in [-0.3, -0.25) is 14.4 Å². The van der Waals surface area contributed by atoms with Crippen LogP contribution in [-0.2, 0) is 4.79 Å². The van der Waals surface area contributed by atoms with Crippen molar-refractivity contribution in [2.45, 2.75) is 76.4 Å². The van der Waals surface area contributed by atoms with Crippen LogP contribution in [-0.4, -0.2) is 59.2 Å². The fraction of sp³-hybridized carbons (Fsp3) is 0.481. The number of rotatable bonds is 8. The van der Waals surface area contributed by atoms with Crippen LogP contribution in [0.25, 0.3) is 0 Å². The molecule has 4 rings (SSSR count). The molecule has 2 fully saturated rings. The van der Waals surface area contributed by atoms with Crippen molar-refractivity contribution >= 4 is 23.5 Å². The molecule has 2 saturated heterocycles. The Morgan fingerprint density at radius 3 is 2.33 bits per heavy atom. The number of hydrogen-bond acceptors (Lipinski definition) is 6. The second-order valence-electron chi connectivity index (χ2n) is 10.6. The van der Waals surface area contributed by atoms with Crippen LogP contribution in [0.1, 0.15) is 65.8 Å². The number of alkyl halides is 3. The molecule has 0 radical (unpaired) electrons. The van der Waals surface area contributed by atoms with E-state index in [-0.39, 0.29) is 40.9 Å². The fourth-order valence-electron chi connectivity index (χ4n) is 5.23. The molecule has 2 atom stereocenters. The van der Waals surface area contributed by atoms with Crippen molar-refractivity contribution in [3.8, 4) is 5.75 Å². The van der Waals surface area contributed by atoms with Crippen LogP contribution in [0.5, 0.6) is 5.75 Å². The van der Waals surface area contributed by atoms with Crippen molar-refractivity contribution < 1.29 is 32.3 Å². The monoisotopic (exact) mass is 547 g/mol. The minimum Gasteiger partial charge on any atom is -0.477 e. The second kappa shape index (κ2) is 10.7. The summed E-state index contributed by atoms with van der Waals surface area (Å²) in [5, 5.41) is 4.93. The summed E-state index contributed by atoms with van der Waals surface area (Å²) in [4.78, 5) is 43.6. The molecule has 2 aliphatic heterocycles. The number of pyridine rings is 1. The average molecular weight is 548 g/mol. The largest absolute Gasteiger partial charge is 0.477 e. The number of ether oxygens (including phenoxy) is 1. The molecule has 2 unspecified atom stereocenters. The molecule has 0 saturated carbocycles. The number of halogens is 3. The van der Waals surface area contributed by atoms with E-state index in [9.17, 15) is 27.6 Å². The Labute approximate surface area is 224 Å². The van der Waals surface area contributed by atoms with E-state index in [1.807, 2.05) is 12.2 Å². The van der Waals surface area contributed by atoms with E-state index in [0.29, 0.717) is 18.7 Å². The molecular weight excluding hydrogens is 515 g/mol. The van der Waals surface area contributed by atoms with Gasteiger partial charge in [-0.05, 0) is 70.7 Å². The normalized spacial score (nSPS) is 20.9. The molecular formula is C27H32F3N5O4. The third kappa shape index (κ3) is 6.61. The summed E-state index contributed by atoms with van der Waals surface area (Å²) in [6.45, 7) is 3.68. The van der Waals surface area contributed by atoms with Crippen LogP contribution in [0, 0.1) is 6.92 Å². The quantitative estimate of drug-likeness (QED) is 0.466. The number of nitrogens with zero attached hydrogens (tertiary/aromatic N) is 2. The zero-order chi connectivity index (χ0) is 28.5. The van der Waals surface area contributed by atoms with E-state index >= 15 is 0 Å². The first-order chi connectivity index (χ1) is 18.2. The Morgan fingerprint density at radius 1 is 1.10 bits per heavy atom. The lowest BCUT2D eigenvalue weighted by molar-refractivity contribution is -0.135. The molecule has 2 aromatic rings. The van der Waals surface area contributed by atoms with Gasteiger partial charge in [0.2, 0.25) is 0 Å². The number of primary amides is 1. The van der Waals surface area contributed by atoms with E-state index < -0.39 is 30.1 Å². The highest BCUT2D eigenvalue weighted by atomic mass is 19.4. The number of amides is 3. The third-order valence-electron chi connectivity index (χ3n) is 7.10. The van der Waals surface area contributed by atoms with Gasteiger partial charge in [0.1, 0.15) is 18.1 Å². The minimum absolute atomic E-state index is 0.0489. The average Bonchev–Trinajstić information content (AvgIpc) is 3.13. The molecule has 1 aromatic carbocycles. The lowest BCUT2D eigenvalue weighted by Crippen LogP contribution is -2.55. The zero-order valence-electron chi connectivity index (χ0n) is 22.0. The highest BCUT2D eigenvalue weighted by Gasteiger charge is 2.43. The summed E-state index contributed by atoms with van der Waals surface area (Å²) in [5.41, 5.74) is 5.32. The number of nitrogens with two attached hydrogens (primary N) is 1. The highest BCUT2D eigenvalue weighted by molar-refractivity contribution is 5.96. The summed E-state index contributed by atoms with van der Waals surface area (Å²) in [5.74, 6) is -0.915. The molecule has 3 amide bonds. The molecule has 0 spiro atoms. The van der Waals surface area contributed by atoms with Crippen LogP contribution < -0.4 is 26.0 Å². The number of hydrogen-bond donors (Lipinski definition) is 3. The van der Waals surface area contributed by atoms with Gasteiger partial charge in [0, 0.05) is 24.3 Å². The number of nitrogens with one attached hydrogen (secondary N) is 2. The first-order valence-corrected chi connectivity index (χ1v) is 12.7. The number of carbonyl (C=O) groups excluding carboxylic acids is 3. The van der Waals surface area contributed by atoms with Crippen LogP contribution in [0.2, 0.25) is 0 Å². The van der Waals surface area contributed by atoms with Gasteiger partial charge in [0.15, 0.2) is 5.60 Å². The van der Waals surface area contributed by atoms with E-state index in [1.165, 1.54) is 12.3 Å². The van der Waals surface area contributed by atoms with Gasteiger partial charge in [0.25, 0.3) is 17.7 Å². The van der Waals surface area contributed by atoms with Gasteiger partial charge < -0.3 is 26.0 Å². The first kappa shape index (κ1) is 28.2. The van der Waals surface area contributed by atoms with Crippen LogP contribution >= 0.6 is 0 Å². The number of carbonyl (C=O) groups is 3. The van der Waals surface area contributed by atoms with Gasteiger partial charge in [-0.2, -0.15) is 13.2 Å². The van der Waals surface area contributed by atoms with E-state index in [0.717, 1.165) is 18.4 Å². The molecule has 3 heterocycles. The Hall–Kier alpha value is -3.83. The number of benzene rings is 1. The Bertz CT molecular complexity index is 1230. The smallest absolute Gasteiger partial charge is 0.405 e. The van der Waals surface area contributed by atoms with Crippen LogP contribution in [0.15, 0.2) is 36.5 Å². The molecule has 210 valence electrons. The standard InChI is InChI=1S/C27H32F3N5O4/c1-15-4-8-21(20(10-15)23(31)36)39-26(2,3)25(38)34-17-11-18-6-7-19(12-17)35(18)22-9-5-16(13-32-22)24(37)33-14-27(28,29)30/h4-5,8-10,13,17-19H,6-7,11-12,14H2,1-3H3,(H2,31,36)(H,33,37)(H,34,38). The predicted octanol–water partition coefficient (Wildman–Crippen LogP) is 3.25. The Balaban J connectivity index is 1.37. The highest BCUT2D eigenvalue weighted by Crippen LogP contribution is 2.39. The maximum absolute atomic E-state index is 13.2. The van der Waals surface area contributed by atoms with Crippen molar-refractivity contribution in [1.29, 1.82) is 0 Å². The number of piperidine rings is 1. The molecule has 2 bridgehead atoms. The Kier molecular flexibility index (Phi) is 7.76. The predicted molar refractivity (Wildman–Crippen MR) is 137 cm³/mol. The molecule has 9 nitrogen and oxygen atoms in total. The number of aryl methyl sites for hydroxylation is 1. The van der Waals surface area contributed by atoms with Crippen molar-refractivity contribution in [2.75, 3.05) is 11.4 Å². The van der Waals surface area contributed by atoms with E-state index in [1.54, 1.807) is 38.1 Å². The van der Waals surface area contributed by atoms with Crippen molar-refractivity contribution in [3.63, 3.8) is 0 Å². The topological polar surface area (TPSA) is 127 Å². The van der Waals surface area contributed by atoms with Crippen LogP contribution in [0.3, 0.4) is 0 Å². The van der Waals surface area contributed by atoms with Gasteiger partial charge in [-0.15, -0.1) is 0 Å². The third-order valence-corrected chi connectivity index (χ3v) is 7.10. The molecule has 4 N–H and O–H groups in total. The van der Waals surface area contributed by atoms with Gasteiger partial charge in [-0.25, -0.2) is 4.98 Å². The summed E-state index contributed by atoms with van der Waals surface area (Å²) in [6, 6.07) is 8.24. The maximum atomic E-state index is 13.2. The second-order valence-corrected chi connectivity index (χ2v) is 10.6. The number of fused-ring (bicyclic) bond motifs is 2. The van der Waals surface area contributed by atoms with Crippen LogP contribution in [0.4, 0.5) is 19.0 Å². The summed E-state index contributed by atoms with van der Waals surface area (Å²) in [7, 11) is 0. The summed E-state index contributed by atoms with van der Waals surface area (Å²) < 4.78 is 43.1. The van der Waals surface area contributed by atoms with E-state index in [4.69, 9.17) is 10.5 Å². The van der Waals surface area contributed by atoms with Crippen molar-refractivity contribution in [1.82, 2.24) is 15.6 Å². The molecule has 12 heteroatoms. The lowest BCUT2D eigenvalue weighted by atomic mass is 9.96. The SMILES string of the molecule is Cc1ccc(OC(C)(C)C(=O)NC2CC3CCC(C2)N3c2ccc(C(=O)NCC(F)(F)F)cn2)c(C(N)=O)c1. The zero-order valence-corrected chi connectivity index (χ0v) is 22.0. The first-order valence-electron chi connectivity index (χ1n) is 12.7. The summed E-state index contributed by atoms with van der Waals surface area (Å²) in [6.07, 6.45) is -0.0681.